The molecule has 0 saturated heterocycles. The Labute approximate surface area is 79.4 Å². The van der Waals surface area contributed by atoms with Crippen LogP contribution in [0, 0.1) is 5.92 Å². The van der Waals surface area contributed by atoms with Crippen LogP contribution in [0.2, 0.25) is 0 Å². The molecule has 0 nitrogen and oxygen atoms in total. The molecule has 0 radical (unpaired) electrons. The van der Waals surface area contributed by atoms with E-state index in [1.807, 2.05) is 17.8 Å². The molecular formula is C9H17ClS. The molecule has 0 spiro atoms. The summed E-state index contributed by atoms with van der Waals surface area (Å²) < 4.78 is 0. The van der Waals surface area contributed by atoms with Crippen LogP contribution in [0.25, 0.3) is 0 Å². The molecule has 0 aromatic heterocycles. The van der Waals surface area contributed by atoms with Gasteiger partial charge in [-0.05, 0) is 11.7 Å². The van der Waals surface area contributed by atoms with Crippen LogP contribution in [-0.4, -0.2) is 17.4 Å². The van der Waals surface area contributed by atoms with Crippen molar-refractivity contribution in [3.8, 4) is 0 Å². The molecule has 0 aliphatic heterocycles. The zero-order valence-electron chi connectivity index (χ0n) is 7.35. The predicted octanol–water partition coefficient (Wildman–Crippen LogP) is 3.56. The molecule has 0 bridgehead atoms. The van der Waals surface area contributed by atoms with Crippen molar-refractivity contribution >= 4 is 23.4 Å². The van der Waals surface area contributed by atoms with E-state index < -0.39 is 0 Å². The van der Waals surface area contributed by atoms with Crippen LogP contribution in [-0.2, 0) is 0 Å². The number of rotatable bonds is 6. The van der Waals surface area contributed by atoms with Gasteiger partial charge in [-0.1, -0.05) is 32.4 Å². The molecule has 0 fully saturated rings. The number of halogens is 1. The summed E-state index contributed by atoms with van der Waals surface area (Å²) in [5.74, 6) is 3.87. The zero-order chi connectivity index (χ0) is 8.53. The Morgan fingerprint density at radius 3 is 2.73 bits per heavy atom. The van der Waals surface area contributed by atoms with Crippen LogP contribution in [0.5, 0.6) is 0 Å². The number of hydrogen-bond acceptors (Lipinski definition) is 1. The Morgan fingerprint density at radius 1 is 1.45 bits per heavy atom. The molecule has 0 aliphatic carbocycles. The van der Waals surface area contributed by atoms with E-state index in [0.717, 1.165) is 11.7 Å². The molecule has 1 unspecified atom stereocenters. The van der Waals surface area contributed by atoms with E-state index in [4.69, 9.17) is 11.6 Å². The third kappa shape index (κ3) is 8.28. The minimum Gasteiger partial charge on any atom is -0.158 e. The first-order valence-corrected chi connectivity index (χ1v) is 5.78. The number of thioether (sulfide) groups is 1. The van der Waals surface area contributed by atoms with E-state index >= 15 is 0 Å². The summed E-state index contributed by atoms with van der Waals surface area (Å²) in [5.41, 5.74) is 0. The lowest BCUT2D eigenvalue weighted by Gasteiger charge is -2.04. The molecular weight excluding hydrogens is 176 g/mol. The van der Waals surface area contributed by atoms with Crippen LogP contribution in [0.3, 0.4) is 0 Å². The van der Waals surface area contributed by atoms with Crippen molar-refractivity contribution in [1.82, 2.24) is 0 Å². The van der Waals surface area contributed by atoms with Gasteiger partial charge in [-0.3, -0.25) is 0 Å². The fourth-order valence-electron chi connectivity index (χ4n) is 0.586. The van der Waals surface area contributed by atoms with Crippen molar-refractivity contribution in [2.45, 2.75) is 20.3 Å². The SMILES string of the molecule is CCC(C)CSC/C=C/CCl. The third-order valence-corrected chi connectivity index (χ3v) is 2.98. The van der Waals surface area contributed by atoms with Gasteiger partial charge < -0.3 is 0 Å². The summed E-state index contributed by atoms with van der Waals surface area (Å²) >= 11 is 7.45. The minimum atomic E-state index is 0.643. The van der Waals surface area contributed by atoms with Crippen molar-refractivity contribution in [1.29, 1.82) is 0 Å². The summed E-state index contributed by atoms with van der Waals surface area (Å²) in [6, 6.07) is 0. The van der Waals surface area contributed by atoms with E-state index in [9.17, 15) is 0 Å². The first-order valence-electron chi connectivity index (χ1n) is 4.10. The van der Waals surface area contributed by atoms with Crippen molar-refractivity contribution in [2.75, 3.05) is 17.4 Å². The molecule has 0 rings (SSSR count). The highest BCUT2D eigenvalue weighted by Crippen LogP contribution is 2.10. The monoisotopic (exact) mass is 192 g/mol. The fraction of sp³-hybridized carbons (Fsp3) is 0.778. The summed E-state index contributed by atoms with van der Waals surface area (Å²) in [6.07, 6.45) is 5.43. The lowest BCUT2D eigenvalue weighted by Crippen LogP contribution is -1.95. The van der Waals surface area contributed by atoms with Gasteiger partial charge in [0.15, 0.2) is 0 Å². The van der Waals surface area contributed by atoms with Crippen LogP contribution in [0.15, 0.2) is 12.2 Å². The maximum absolute atomic E-state index is 5.47. The zero-order valence-corrected chi connectivity index (χ0v) is 8.92. The lowest BCUT2D eigenvalue weighted by molar-refractivity contribution is 0.637. The molecule has 0 heterocycles. The molecule has 0 aromatic rings. The van der Waals surface area contributed by atoms with Gasteiger partial charge >= 0.3 is 0 Å². The topological polar surface area (TPSA) is 0 Å². The molecule has 0 amide bonds. The average Bonchev–Trinajstić information content (AvgIpc) is 2.04. The normalized spacial score (nSPS) is 14.1. The van der Waals surface area contributed by atoms with Gasteiger partial charge in [0.2, 0.25) is 0 Å². The highest BCUT2D eigenvalue weighted by Gasteiger charge is 1.95. The highest BCUT2D eigenvalue weighted by molar-refractivity contribution is 7.99. The van der Waals surface area contributed by atoms with E-state index in [0.29, 0.717) is 5.88 Å². The molecule has 0 aromatic carbocycles. The number of hydrogen-bond donors (Lipinski definition) is 0. The predicted molar refractivity (Wildman–Crippen MR) is 56.6 cm³/mol. The average molecular weight is 193 g/mol. The van der Waals surface area contributed by atoms with Gasteiger partial charge in [0.05, 0.1) is 0 Å². The van der Waals surface area contributed by atoms with Crippen LogP contribution >= 0.6 is 23.4 Å². The van der Waals surface area contributed by atoms with Gasteiger partial charge in [0.1, 0.15) is 0 Å². The van der Waals surface area contributed by atoms with E-state index in [1.54, 1.807) is 0 Å². The highest BCUT2D eigenvalue weighted by atomic mass is 35.5. The second kappa shape index (κ2) is 8.48. The van der Waals surface area contributed by atoms with Crippen molar-refractivity contribution < 1.29 is 0 Å². The third-order valence-electron chi connectivity index (χ3n) is 1.57. The first kappa shape index (κ1) is 11.4. The maximum Gasteiger partial charge on any atom is 0.0404 e. The van der Waals surface area contributed by atoms with Crippen LogP contribution in [0.1, 0.15) is 20.3 Å². The molecule has 1 atom stereocenters. The van der Waals surface area contributed by atoms with E-state index in [2.05, 4.69) is 19.9 Å². The summed E-state index contributed by atoms with van der Waals surface area (Å²) in [6.45, 7) is 4.53. The second-order valence-electron chi connectivity index (χ2n) is 2.68. The van der Waals surface area contributed by atoms with E-state index in [-0.39, 0.29) is 0 Å². The molecule has 66 valence electrons. The Balaban J connectivity index is 3.07. The number of allylic oxidation sites excluding steroid dienone is 1. The van der Waals surface area contributed by atoms with Gasteiger partial charge in [-0.25, -0.2) is 0 Å². The van der Waals surface area contributed by atoms with Crippen molar-refractivity contribution in [3.05, 3.63) is 12.2 Å². The lowest BCUT2D eigenvalue weighted by atomic mass is 10.2. The van der Waals surface area contributed by atoms with E-state index in [1.165, 1.54) is 12.2 Å². The Hall–Kier alpha value is 0.380. The maximum atomic E-state index is 5.47. The van der Waals surface area contributed by atoms with Gasteiger partial charge in [-0.15, -0.1) is 11.6 Å². The molecule has 2 heteroatoms. The quantitative estimate of drug-likeness (QED) is 0.352. The van der Waals surface area contributed by atoms with Crippen LogP contribution < -0.4 is 0 Å². The smallest absolute Gasteiger partial charge is 0.0404 e. The Bertz CT molecular complexity index is 102. The largest absolute Gasteiger partial charge is 0.158 e. The molecule has 0 saturated carbocycles. The fourth-order valence-corrected chi connectivity index (χ4v) is 1.76. The standard InChI is InChI=1S/C9H17ClS/c1-3-9(2)8-11-7-5-4-6-10/h4-5,9H,3,6-8H2,1-2H3/b5-4+. The van der Waals surface area contributed by atoms with Crippen molar-refractivity contribution in [2.24, 2.45) is 5.92 Å². The van der Waals surface area contributed by atoms with Crippen molar-refractivity contribution in [3.63, 3.8) is 0 Å². The Kier molecular flexibility index (Phi) is 8.77. The summed E-state index contributed by atoms with van der Waals surface area (Å²) in [7, 11) is 0. The molecule has 0 aliphatic rings. The number of alkyl halides is 1. The first-order chi connectivity index (χ1) is 5.31. The van der Waals surface area contributed by atoms with Gasteiger partial charge in [0, 0.05) is 11.6 Å². The minimum absolute atomic E-state index is 0.643. The molecule has 11 heavy (non-hydrogen) atoms. The van der Waals surface area contributed by atoms with Crippen LogP contribution in [0.4, 0.5) is 0 Å². The van der Waals surface area contributed by atoms with Gasteiger partial charge in [-0.2, -0.15) is 11.8 Å². The Morgan fingerprint density at radius 2 is 2.18 bits per heavy atom. The summed E-state index contributed by atoms with van der Waals surface area (Å²) in [5, 5.41) is 0. The van der Waals surface area contributed by atoms with Gasteiger partial charge in [0.25, 0.3) is 0 Å². The summed E-state index contributed by atoms with van der Waals surface area (Å²) in [4.78, 5) is 0. The second-order valence-corrected chi connectivity index (χ2v) is 4.06. The molecule has 0 N–H and O–H groups in total.